The van der Waals surface area contributed by atoms with Gasteiger partial charge in [-0.1, -0.05) is 0 Å². The van der Waals surface area contributed by atoms with E-state index in [2.05, 4.69) is 4.98 Å². The summed E-state index contributed by atoms with van der Waals surface area (Å²) in [6.07, 6.45) is 3.00. The number of likely N-dealkylation sites (tertiary alicyclic amines) is 1. The van der Waals surface area contributed by atoms with Gasteiger partial charge in [-0.2, -0.15) is 0 Å². The van der Waals surface area contributed by atoms with Gasteiger partial charge in [-0.15, -0.1) is 0 Å². The molecular weight excluding hydrogens is 316 g/mol. The first kappa shape index (κ1) is 17.1. The van der Waals surface area contributed by atoms with E-state index in [1.807, 2.05) is 17.9 Å². The van der Waals surface area contributed by atoms with Crippen molar-refractivity contribution in [1.82, 2.24) is 9.88 Å². The number of nitrogens with zero attached hydrogens (tertiary/aromatic N) is 2. The van der Waals surface area contributed by atoms with Gasteiger partial charge in [0.1, 0.15) is 5.75 Å². The fourth-order valence-electron chi connectivity index (χ4n) is 3.11. The van der Waals surface area contributed by atoms with Gasteiger partial charge in [-0.25, -0.2) is 0 Å². The van der Waals surface area contributed by atoms with Gasteiger partial charge in [0, 0.05) is 36.5 Å². The van der Waals surface area contributed by atoms with Crippen LogP contribution in [0.1, 0.15) is 39.3 Å². The molecule has 0 bridgehead atoms. The van der Waals surface area contributed by atoms with Crippen molar-refractivity contribution in [2.24, 2.45) is 5.92 Å². The quantitative estimate of drug-likeness (QED) is 0.804. The number of aromatic nitrogens is 1. The fraction of sp³-hybridized carbons (Fsp3) is 0.350. The second kappa shape index (κ2) is 7.47. The number of rotatable bonds is 4. The molecule has 0 atom stereocenters. The normalized spacial score (nSPS) is 15.0. The van der Waals surface area contributed by atoms with E-state index in [1.54, 1.807) is 43.6 Å². The number of aryl methyl sites for hydroxylation is 1. The predicted octanol–water partition coefficient (Wildman–Crippen LogP) is 3.13. The Morgan fingerprint density at radius 1 is 1.04 bits per heavy atom. The van der Waals surface area contributed by atoms with E-state index in [-0.39, 0.29) is 17.6 Å². The summed E-state index contributed by atoms with van der Waals surface area (Å²) in [6.45, 7) is 3.09. The zero-order chi connectivity index (χ0) is 17.8. The average Bonchev–Trinajstić information content (AvgIpc) is 2.67. The molecule has 1 fully saturated rings. The van der Waals surface area contributed by atoms with E-state index in [4.69, 9.17) is 4.74 Å². The number of pyridine rings is 1. The number of Topliss-reactive ketones (excluding diaryl/α,β-unsaturated/α-hetero) is 1. The van der Waals surface area contributed by atoms with E-state index in [0.29, 0.717) is 37.1 Å². The van der Waals surface area contributed by atoms with Gasteiger partial charge >= 0.3 is 0 Å². The third kappa shape index (κ3) is 3.87. The van der Waals surface area contributed by atoms with E-state index in [0.717, 1.165) is 11.4 Å². The average molecular weight is 338 g/mol. The van der Waals surface area contributed by atoms with Crippen molar-refractivity contribution in [2.45, 2.75) is 19.8 Å². The molecule has 0 radical (unpaired) electrons. The Morgan fingerprint density at radius 3 is 2.24 bits per heavy atom. The Bertz CT molecular complexity index is 746. The zero-order valence-corrected chi connectivity index (χ0v) is 14.6. The standard InChI is InChI=1S/C20H22N2O3/c1-14-3-4-17(13-21-14)20(24)22-11-9-16(10-12-22)19(23)15-5-7-18(25-2)8-6-15/h3-8,13,16H,9-12H2,1-2H3. The summed E-state index contributed by atoms with van der Waals surface area (Å²) in [7, 11) is 1.60. The monoisotopic (exact) mass is 338 g/mol. The van der Waals surface area contributed by atoms with Gasteiger partial charge in [0.05, 0.1) is 12.7 Å². The molecule has 5 heteroatoms. The Kier molecular flexibility index (Phi) is 5.12. The molecule has 1 aromatic carbocycles. The fourth-order valence-corrected chi connectivity index (χ4v) is 3.11. The number of ether oxygens (including phenoxy) is 1. The minimum absolute atomic E-state index is 0.0113. The van der Waals surface area contributed by atoms with Crippen LogP contribution in [0.25, 0.3) is 0 Å². The Hall–Kier alpha value is -2.69. The summed E-state index contributed by atoms with van der Waals surface area (Å²) < 4.78 is 5.12. The number of carbonyl (C=O) groups excluding carboxylic acids is 2. The number of hydrogen-bond donors (Lipinski definition) is 0. The first-order valence-electron chi connectivity index (χ1n) is 8.48. The molecule has 1 aliphatic heterocycles. The molecule has 0 N–H and O–H groups in total. The third-order valence-electron chi connectivity index (χ3n) is 4.69. The van der Waals surface area contributed by atoms with Crippen LogP contribution < -0.4 is 4.74 Å². The molecule has 1 amide bonds. The van der Waals surface area contributed by atoms with Crippen LogP contribution >= 0.6 is 0 Å². The molecule has 5 nitrogen and oxygen atoms in total. The van der Waals surface area contributed by atoms with E-state index < -0.39 is 0 Å². The van der Waals surface area contributed by atoms with Gasteiger partial charge in [0.2, 0.25) is 0 Å². The zero-order valence-electron chi connectivity index (χ0n) is 14.6. The lowest BCUT2D eigenvalue weighted by Crippen LogP contribution is -2.40. The maximum absolute atomic E-state index is 12.6. The lowest BCUT2D eigenvalue weighted by atomic mass is 9.88. The van der Waals surface area contributed by atoms with Gasteiger partial charge in [-0.05, 0) is 56.2 Å². The van der Waals surface area contributed by atoms with Crippen LogP contribution in [0.2, 0.25) is 0 Å². The second-order valence-corrected chi connectivity index (χ2v) is 6.35. The van der Waals surface area contributed by atoms with Gasteiger partial charge in [-0.3, -0.25) is 14.6 Å². The molecular formula is C20H22N2O3. The molecule has 1 aliphatic rings. The number of piperidine rings is 1. The molecule has 1 saturated heterocycles. The molecule has 0 unspecified atom stereocenters. The van der Waals surface area contributed by atoms with Crippen LogP contribution in [-0.2, 0) is 0 Å². The molecule has 3 rings (SSSR count). The van der Waals surface area contributed by atoms with Gasteiger partial charge in [0.25, 0.3) is 5.91 Å². The molecule has 2 heterocycles. The molecule has 25 heavy (non-hydrogen) atoms. The smallest absolute Gasteiger partial charge is 0.255 e. The summed E-state index contributed by atoms with van der Waals surface area (Å²) in [5.74, 6) is 0.840. The minimum Gasteiger partial charge on any atom is -0.497 e. The molecule has 130 valence electrons. The Morgan fingerprint density at radius 2 is 1.68 bits per heavy atom. The van der Waals surface area contributed by atoms with Crippen molar-refractivity contribution in [3.63, 3.8) is 0 Å². The number of methoxy groups -OCH3 is 1. The lowest BCUT2D eigenvalue weighted by Gasteiger charge is -2.31. The number of carbonyl (C=O) groups is 2. The number of ketones is 1. The van der Waals surface area contributed by atoms with Crippen molar-refractivity contribution < 1.29 is 14.3 Å². The van der Waals surface area contributed by atoms with Crippen molar-refractivity contribution in [2.75, 3.05) is 20.2 Å². The van der Waals surface area contributed by atoms with Crippen molar-refractivity contribution >= 4 is 11.7 Å². The Labute approximate surface area is 147 Å². The highest BCUT2D eigenvalue weighted by Gasteiger charge is 2.28. The van der Waals surface area contributed by atoms with Crippen molar-refractivity contribution in [1.29, 1.82) is 0 Å². The summed E-state index contributed by atoms with van der Waals surface area (Å²) >= 11 is 0. The first-order valence-corrected chi connectivity index (χ1v) is 8.48. The highest BCUT2D eigenvalue weighted by atomic mass is 16.5. The number of benzene rings is 1. The molecule has 0 aliphatic carbocycles. The first-order chi connectivity index (χ1) is 12.1. The van der Waals surface area contributed by atoms with E-state index in [9.17, 15) is 9.59 Å². The Balaban J connectivity index is 1.60. The molecule has 1 aromatic heterocycles. The summed E-state index contributed by atoms with van der Waals surface area (Å²) in [5, 5.41) is 0. The van der Waals surface area contributed by atoms with Crippen molar-refractivity contribution in [3.05, 3.63) is 59.4 Å². The van der Waals surface area contributed by atoms with Crippen LogP contribution in [0, 0.1) is 12.8 Å². The summed E-state index contributed by atoms with van der Waals surface area (Å²) in [4.78, 5) is 31.1. The van der Waals surface area contributed by atoms with Crippen LogP contribution in [0.4, 0.5) is 0 Å². The second-order valence-electron chi connectivity index (χ2n) is 6.35. The lowest BCUT2D eigenvalue weighted by molar-refractivity contribution is 0.0650. The SMILES string of the molecule is COc1ccc(C(=O)C2CCN(C(=O)c3ccc(C)nc3)CC2)cc1. The summed E-state index contributed by atoms with van der Waals surface area (Å²) in [6, 6.07) is 10.9. The van der Waals surface area contributed by atoms with E-state index >= 15 is 0 Å². The maximum Gasteiger partial charge on any atom is 0.255 e. The minimum atomic E-state index is -0.0337. The molecule has 0 saturated carbocycles. The highest BCUT2D eigenvalue weighted by Crippen LogP contribution is 2.24. The van der Waals surface area contributed by atoms with Crippen LogP contribution in [0.15, 0.2) is 42.6 Å². The van der Waals surface area contributed by atoms with Crippen LogP contribution in [0.5, 0.6) is 5.75 Å². The van der Waals surface area contributed by atoms with Crippen molar-refractivity contribution in [3.8, 4) is 5.75 Å². The van der Waals surface area contributed by atoms with Crippen LogP contribution in [0.3, 0.4) is 0 Å². The van der Waals surface area contributed by atoms with Gasteiger partial charge < -0.3 is 9.64 Å². The topological polar surface area (TPSA) is 59.5 Å². The highest BCUT2D eigenvalue weighted by molar-refractivity contribution is 5.98. The third-order valence-corrected chi connectivity index (χ3v) is 4.69. The maximum atomic E-state index is 12.6. The largest absolute Gasteiger partial charge is 0.497 e. The number of amides is 1. The van der Waals surface area contributed by atoms with E-state index in [1.165, 1.54) is 0 Å². The van der Waals surface area contributed by atoms with Gasteiger partial charge in [0.15, 0.2) is 5.78 Å². The number of hydrogen-bond acceptors (Lipinski definition) is 4. The van der Waals surface area contributed by atoms with Crippen LogP contribution in [-0.4, -0.2) is 41.8 Å². The molecule has 2 aromatic rings. The predicted molar refractivity (Wildman–Crippen MR) is 94.9 cm³/mol. The molecule has 0 spiro atoms. The summed E-state index contributed by atoms with van der Waals surface area (Å²) in [5.41, 5.74) is 2.19.